The third-order valence-corrected chi connectivity index (χ3v) is 5.71. The lowest BCUT2D eigenvalue weighted by molar-refractivity contribution is 0.529. The van der Waals surface area contributed by atoms with E-state index in [0.29, 0.717) is 0 Å². The molecule has 0 aromatic heterocycles. The van der Waals surface area contributed by atoms with Gasteiger partial charge in [0.15, 0.2) is 0 Å². The molecule has 2 heteroatoms. The van der Waals surface area contributed by atoms with Crippen LogP contribution in [0.5, 0.6) is 0 Å². The normalized spacial score (nSPS) is 11.0. The van der Waals surface area contributed by atoms with Gasteiger partial charge in [0.2, 0.25) is 0 Å². The van der Waals surface area contributed by atoms with Crippen LogP contribution in [0.2, 0.25) is 0 Å². The minimum atomic E-state index is 1.08. The Bertz CT molecular complexity index is 277. The zero-order valence-electron chi connectivity index (χ0n) is 18.3. The molecule has 156 valence electrons. The summed E-state index contributed by atoms with van der Waals surface area (Å²) in [6.45, 7) is 5.62. The maximum absolute atomic E-state index is 5.37. The van der Waals surface area contributed by atoms with E-state index in [1.165, 1.54) is 122 Å². The van der Waals surface area contributed by atoms with Crippen LogP contribution >= 0.6 is 12.2 Å². The first kappa shape index (κ1) is 25.9. The second kappa shape index (κ2) is 22.9. The topological polar surface area (TPSA) is 12.0 Å². The second-order valence-corrected chi connectivity index (χ2v) is 8.60. The highest BCUT2D eigenvalue weighted by molar-refractivity contribution is 7.80. The molecule has 0 aliphatic rings. The number of thiocarbonyl (C=S) groups is 1. The molecule has 0 aromatic carbocycles. The van der Waals surface area contributed by atoms with Crippen LogP contribution in [0.1, 0.15) is 142 Å². The summed E-state index contributed by atoms with van der Waals surface area (Å²) in [4.78, 5) is 1.08. The lowest BCUT2D eigenvalue weighted by Crippen LogP contribution is -2.22. The van der Waals surface area contributed by atoms with E-state index < -0.39 is 0 Å². The van der Waals surface area contributed by atoms with Crippen molar-refractivity contribution in [1.29, 1.82) is 0 Å². The summed E-state index contributed by atoms with van der Waals surface area (Å²) in [5.41, 5.74) is 0. The lowest BCUT2D eigenvalue weighted by atomic mass is 10.0. The van der Waals surface area contributed by atoms with Gasteiger partial charge >= 0.3 is 0 Å². The molecule has 26 heavy (non-hydrogen) atoms. The van der Waals surface area contributed by atoms with Gasteiger partial charge in [0.1, 0.15) is 0 Å². The van der Waals surface area contributed by atoms with Crippen LogP contribution < -0.4 is 5.32 Å². The highest BCUT2D eigenvalue weighted by atomic mass is 32.1. The quantitative estimate of drug-likeness (QED) is 0.157. The molecule has 0 aliphatic heterocycles. The van der Waals surface area contributed by atoms with Crippen molar-refractivity contribution in [3.05, 3.63) is 0 Å². The molecule has 0 unspecified atom stereocenters. The van der Waals surface area contributed by atoms with E-state index in [4.69, 9.17) is 12.2 Å². The maximum Gasteiger partial charge on any atom is 0.0753 e. The van der Waals surface area contributed by atoms with Gasteiger partial charge in [-0.1, -0.05) is 135 Å². The lowest BCUT2D eigenvalue weighted by Gasteiger charge is -2.07. The Morgan fingerprint density at radius 2 is 0.846 bits per heavy atom. The molecule has 0 aliphatic carbocycles. The zero-order valence-corrected chi connectivity index (χ0v) is 19.1. The summed E-state index contributed by atoms with van der Waals surface area (Å²) in [5, 5.41) is 3.42. The number of rotatable bonds is 21. The summed E-state index contributed by atoms with van der Waals surface area (Å²) in [7, 11) is 0. The third kappa shape index (κ3) is 21.9. The fraction of sp³-hybridized carbons (Fsp3) is 0.958. The van der Waals surface area contributed by atoms with Gasteiger partial charge in [-0.2, -0.15) is 0 Å². The van der Waals surface area contributed by atoms with E-state index >= 15 is 0 Å². The molecule has 0 atom stereocenters. The van der Waals surface area contributed by atoms with Gasteiger partial charge in [0.25, 0.3) is 0 Å². The number of nitrogens with one attached hydrogen (secondary N) is 1. The second-order valence-electron chi connectivity index (χ2n) is 8.11. The number of unbranched alkanes of at least 4 members (excludes halogenated alkanes) is 17. The van der Waals surface area contributed by atoms with Crippen LogP contribution in [0, 0.1) is 0 Å². The average Bonchev–Trinajstić information content (AvgIpc) is 2.64. The molecule has 1 nitrogen and oxygen atoms in total. The van der Waals surface area contributed by atoms with Crippen LogP contribution in [0.3, 0.4) is 0 Å². The molecule has 0 amide bonds. The smallest absolute Gasteiger partial charge is 0.0753 e. The first-order valence-corrected chi connectivity index (χ1v) is 12.5. The predicted molar refractivity (Wildman–Crippen MR) is 124 cm³/mol. The molecule has 0 radical (unpaired) electrons. The van der Waals surface area contributed by atoms with E-state index in [2.05, 4.69) is 19.2 Å². The van der Waals surface area contributed by atoms with Gasteiger partial charge in [-0.05, 0) is 19.3 Å². The number of hydrogen-bond donors (Lipinski definition) is 1. The van der Waals surface area contributed by atoms with Gasteiger partial charge in [-0.15, -0.1) is 0 Å². The van der Waals surface area contributed by atoms with E-state index in [-0.39, 0.29) is 0 Å². The van der Waals surface area contributed by atoms with Crippen molar-refractivity contribution in [2.75, 3.05) is 6.54 Å². The van der Waals surface area contributed by atoms with Crippen molar-refractivity contribution in [3.8, 4) is 0 Å². The first-order chi connectivity index (χ1) is 12.8. The Morgan fingerprint density at radius 1 is 0.500 bits per heavy atom. The van der Waals surface area contributed by atoms with Crippen LogP contribution in [-0.2, 0) is 0 Å². The minimum absolute atomic E-state index is 1.08. The van der Waals surface area contributed by atoms with E-state index in [0.717, 1.165) is 18.0 Å². The average molecular weight is 384 g/mol. The Balaban J connectivity index is 3.06. The Labute approximate surface area is 171 Å². The molecule has 0 aromatic rings. The largest absolute Gasteiger partial charge is 0.380 e. The van der Waals surface area contributed by atoms with Crippen LogP contribution in [-0.4, -0.2) is 11.5 Å². The first-order valence-electron chi connectivity index (χ1n) is 12.1. The van der Waals surface area contributed by atoms with Crippen LogP contribution in [0.25, 0.3) is 0 Å². The monoisotopic (exact) mass is 383 g/mol. The predicted octanol–water partition coefficient (Wildman–Crippen LogP) is 8.75. The Kier molecular flexibility index (Phi) is 22.8. The number of hydrogen-bond acceptors (Lipinski definition) is 1. The molecule has 0 saturated carbocycles. The van der Waals surface area contributed by atoms with Crippen molar-refractivity contribution in [1.82, 2.24) is 5.32 Å². The van der Waals surface area contributed by atoms with Gasteiger partial charge < -0.3 is 5.32 Å². The summed E-state index contributed by atoms with van der Waals surface area (Å²) in [6.07, 6.45) is 27.8. The van der Waals surface area contributed by atoms with E-state index in [1.54, 1.807) is 0 Å². The molecular weight excluding hydrogens is 334 g/mol. The highest BCUT2D eigenvalue weighted by Crippen LogP contribution is 2.13. The third-order valence-electron chi connectivity index (χ3n) is 5.36. The standard InChI is InChI=1S/C24H49NS/c1-3-5-7-8-9-10-11-12-13-14-15-16-17-18-19-21-23-25-24(26)22-20-6-4-2/h3-23H2,1-2H3,(H,25,26). The Hall–Kier alpha value is -0.110. The summed E-state index contributed by atoms with van der Waals surface area (Å²) >= 11 is 5.37. The maximum atomic E-state index is 5.37. The SMILES string of the molecule is CCCCCCCCCCCCCCCCCCNC(=S)CCCCC. The van der Waals surface area contributed by atoms with Gasteiger partial charge in [0, 0.05) is 6.54 Å². The van der Waals surface area contributed by atoms with Gasteiger partial charge in [-0.25, -0.2) is 0 Å². The summed E-state index contributed by atoms with van der Waals surface area (Å²) in [6, 6.07) is 0. The van der Waals surface area contributed by atoms with Crippen molar-refractivity contribution in [2.45, 2.75) is 142 Å². The summed E-state index contributed by atoms with van der Waals surface area (Å²) < 4.78 is 0. The Morgan fingerprint density at radius 3 is 1.27 bits per heavy atom. The van der Waals surface area contributed by atoms with E-state index in [9.17, 15) is 0 Å². The molecule has 0 rings (SSSR count). The summed E-state index contributed by atoms with van der Waals surface area (Å²) in [5.74, 6) is 0. The van der Waals surface area contributed by atoms with Crippen molar-refractivity contribution in [3.63, 3.8) is 0 Å². The van der Waals surface area contributed by atoms with Crippen molar-refractivity contribution >= 4 is 17.2 Å². The molecule has 0 fully saturated rings. The van der Waals surface area contributed by atoms with Gasteiger partial charge in [0.05, 0.1) is 4.99 Å². The highest BCUT2D eigenvalue weighted by Gasteiger charge is 1.97. The fourth-order valence-electron chi connectivity index (χ4n) is 3.52. The zero-order chi connectivity index (χ0) is 19.1. The minimum Gasteiger partial charge on any atom is -0.380 e. The van der Waals surface area contributed by atoms with Gasteiger partial charge in [-0.3, -0.25) is 0 Å². The molecule has 0 bridgehead atoms. The van der Waals surface area contributed by atoms with E-state index in [1.807, 2.05) is 0 Å². The van der Waals surface area contributed by atoms with Crippen molar-refractivity contribution in [2.24, 2.45) is 0 Å². The molecule has 0 saturated heterocycles. The molecule has 0 spiro atoms. The molecule has 1 N–H and O–H groups in total. The molecular formula is C24H49NS. The fourth-order valence-corrected chi connectivity index (χ4v) is 3.77. The van der Waals surface area contributed by atoms with Crippen LogP contribution in [0.15, 0.2) is 0 Å². The van der Waals surface area contributed by atoms with Crippen LogP contribution in [0.4, 0.5) is 0 Å². The van der Waals surface area contributed by atoms with Crippen molar-refractivity contribution < 1.29 is 0 Å². The molecule has 0 heterocycles.